The predicted molar refractivity (Wildman–Crippen MR) is 131 cm³/mol. The van der Waals surface area contributed by atoms with Gasteiger partial charge in [0.05, 0.1) is 11.9 Å². The lowest BCUT2D eigenvalue weighted by Gasteiger charge is -2.10. The smallest absolute Gasteiger partial charge is 0.337 e. The molecule has 0 fully saturated rings. The Hall–Kier alpha value is -4.67. The molecule has 0 aromatic carbocycles. The molecule has 39 heavy (non-hydrogen) atoms. The first-order chi connectivity index (χ1) is 18.4. The van der Waals surface area contributed by atoms with Gasteiger partial charge < -0.3 is 14.4 Å². The number of thiazole rings is 1. The second-order valence-electron chi connectivity index (χ2n) is 8.45. The second-order valence-corrected chi connectivity index (χ2v) is 9.31. The van der Waals surface area contributed by atoms with Crippen LogP contribution in [0.1, 0.15) is 23.0 Å². The Balaban J connectivity index is 1.39. The number of hydrogen-bond acceptors (Lipinski definition) is 10. The van der Waals surface area contributed by atoms with E-state index in [0.29, 0.717) is 5.82 Å². The normalized spacial score (nSPS) is 11.8. The van der Waals surface area contributed by atoms with Gasteiger partial charge in [-0.05, 0) is 19.9 Å². The van der Waals surface area contributed by atoms with E-state index in [-0.39, 0.29) is 52.2 Å². The summed E-state index contributed by atoms with van der Waals surface area (Å²) in [5, 5.41) is 7.89. The second kappa shape index (κ2) is 9.57. The SMILES string of the molecule is Cc1noc(Cn2c(=O)c3c(ncn3CC(=O)Nc3csc(-c4cnc(C)c(C(F)(F)F)c4)n3)n(C)c2=O)n1. The third-order valence-electron chi connectivity index (χ3n) is 5.69. The Morgan fingerprint density at radius 3 is 2.64 bits per heavy atom. The van der Waals surface area contributed by atoms with Gasteiger partial charge in [0.1, 0.15) is 23.9 Å². The van der Waals surface area contributed by atoms with Crippen LogP contribution in [0.4, 0.5) is 19.0 Å². The van der Waals surface area contributed by atoms with Crippen LogP contribution < -0.4 is 16.6 Å². The number of rotatable bonds is 6. The minimum Gasteiger partial charge on any atom is -0.337 e. The number of aromatic nitrogens is 8. The number of amides is 1. The average Bonchev–Trinajstić information content (AvgIpc) is 3.60. The lowest BCUT2D eigenvalue weighted by Crippen LogP contribution is -2.40. The number of alkyl halides is 3. The van der Waals surface area contributed by atoms with E-state index in [1.165, 1.54) is 36.4 Å². The van der Waals surface area contributed by atoms with Crippen LogP contribution in [0.15, 0.2) is 38.1 Å². The Morgan fingerprint density at radius 2 is 1.95 bits per heavy atom. The minimum atomic E-state index is -4.57. The maximum absolute atomic E-state index is 13.2. The van der Waals surface area contributed by atoms with Crippen molar-refractivity contribution >= 4 is 34.2 Å². The van der Waals surface area contributed by atoms with Crippen LogP contribution in [0.5, 0.6) is 0 Å². The molecule has 0 aliphatic carbocycles. The highest BCUT2D eigenvalue weighted by Gasteiger charge is 2.33. The van der Waals surface area contributed by atoms with Gasteiger partial charge in [-0.3, -0.25) is 19.1 Å². The van der Waals surface area contributed by atoms with Gasteiger partial charge in [0.2, 0.25) is 11.8 Å². The highest BCUT2D eigenvalue weighted by molar-refractivity contribution is 7.13. The molecule has 0 saturated heterocycles. The molecule has 0 aliphatic heterocycles. The number of anilines is 1. The van der Waals surface area contributed by atoms with Gasteiger partial charge in [-0.15, -0.1) is 11.3 Å². The van der Waals surface area contributed by atoms with Crippen molar-refractivity contribution in [2.24, 2.45) is 7.05 Å². The van der Waals surface area contributed by atoms with Crippen molar-refractivity contribution in [2.75, 3.05) is 5.32 Å². The lowest BCUT2D eigenvalue weighted by atomic mass is 10.1. The van der Waals surface area contributed by atoms with Crippen LogP contribution in [0, 0.1) is 13.8 Å². The Morgan fingerprint density at radius 1 is 1.18 bits per heavy atom. The third-order valence-corrected chi connectivity index (χ3v) is 6.58. The van der Waals surface area contributed by atoms with Crippen LogP contribution in [-0.2, 0) is 31.1 Å². The van der Waals surface area contributed by atoms with E-state index in [9.17, 15) is 27.6 Å². The molecule has 0 bridgehead atoms. The number of nitrogens with one attached hydrogen (secondary N) is 1. The molecule has 1 amide bonds. The molecule has 5 aromatic heterocycles. The van der Waals surface area contributed by atoms with Gasteiger partial charge in [-0.2, -0.15) is 18.2 Å². The van der Waals surface area contributed by atoms with Crippen LogP contribution >= 0.6 is 11.3 Å². The molecule has 0 unspecified atom stereocenters. The van der Waals surface area contributed by atoms with Gasteiger partial charge in [0.25, 0.3) is 5.56 Å². The fourth-order valence-electron chi connectivity index (χ4n) is 3.86. The number of pyridine rings is 1. The van der Waals surface area contributed by atoms with E-state index < -0.39 is 28.9 Å². The number of hydrogen-bond donors (Lipinski definition) is 1. The first-order valence-corrected chi connectivity index (χ1v) is 12.0. The van der Waals surface area contributed by atoms with Gasteiger partial charge in [0, 0.05) is 29.9 Å². The summed E-state index contributed by atoms with van der Waals surface area (Å²) < 4.78 is 48.1. The van der Waals surface area contributed by atoms with Crippen molar-refractivity contribution in [1.82, 2.24) is 38.8 Å². The monoisotopic (exact) mass is 561 g/mol. The van der Waals surface area contributed by atoms with Gasteiger partial charge in [0.15, 0.2) is 17.0 Å². The van der Waals surface area contributed by atoms with Crippen molar-refractivity contribution in [1.29, 1.82) is 0 Å². The summed E-state index contributed by atoms with van der Waals surface area (Å²) in [6.07, 6.45) is -2.05. The molecule has 17 heteroatoms. The largest absolute Gasteiger partial charge is 0.418 e. The predicted octanol–water partition coefficient (Wildman–Crippen LogP) is 2.12. The number of imidazole rings is 1. The van der Waals surface area contributed by atoms with Crippen molar-refractivity contribution in [3.63, 3.8) is 0 Å². The summed E-state index contributed by atoms with van der Waals surface area (Å²) in [7, 11) is 1.43. The topological polar surface area (TPSA) is 156 Å². The van der Waals surface area contributed by atoms with E-state index in [0.717, 1.165) is 26.5 Å². The number of fused-ring (bicyclic) bond motifs is 1. The van der Waals surface area contributed by atoms with E-state index in [1.54, 1.807) is 6.92 Å². The van der Waals surface area contributed by atoms with Crippen molar-refractivity contribution < 1.29 is 22.5 Å². The Labute approximate surface area is 219 Å². The summed E-state index contributed by atoms with van der Waals surface area (Å²) in [5.74, 6) is -0.0887. The van der Waals surface area contributed by atoms with Crippen molar-refractivity contribution in [3.8, 4) is 10.6 Å². The molecular formula is C22H18F3N9O4S. The zero-order valence-electron chi connectivity index (χ0n) is 20.5. The fourth-order valence-corrected chi connectivity index (χ4v) is 4.59. The first kappa shape index (κ1) is 26.0. The number of carbonyl (C=O) groups is 1. The average molecular weight is 562 g/mol. The maximum atomic E-state index is 13.2. The molecular weight excluding hydrogens is 543 g/mol. The standard InChI is InChI=1S/C22H18F3N9O4S/c1-10-13(22(23,24)25)4-12(5-26-10)19-30-14(8-39-19)29-15(35)6-33-9-27-18-17(33)20(36)34(21(37)32(18)3)7-16-28-11(2)31-38-16/h4-5,8-9H,6-7H2,1-3H3,(H,29,35). The molecule has 202 valence electrons. The third kappa shape index (κ3) is 4.95. The molecule has 0 aliphatic rings. The lowest BCUT2D eigenvalue weighted by molar-refractivity contribution is -0.138. The number of halogens is 3. The maximum Gasteiger partial charge on any atom is 0.418 e. The summed E-state index contributed by atoms with van der Waals surface area (Å²) in [5.41, 5.74) is -2.19. The highest BCUT2D eigenvalue weighted by atomic mass is 32.1. The van der Waals surface area contributed by atoms with E-state index in [1.807, 2.05) is 0 Å². The van der Waals surface area contributed by atoms with Crippen LogP contribution in [0.25, 0.3) is 21.7 Å². The van der Waals surface area contributed by atoms with Gasteiger partial charge in [-0.25, -0.2) is 19.3 Å². The highest BCUT2D eigenvalue weighted by Crippen LogP contribution is 2.34. The molecule has 0 spiro atoms. The van der Waals surface area contributed by atoms with Crippen LogP contribution in [0.2, 0.25) is 0 Å². The molecule has 5 rings (SSSR count). The quantitative estimate of drug-likeness (QED) is 0.328. The van der Waals surface area contributed by atoms with Gasteiger partial charge >= 0.3 is 11.9 Å². The molecule has 0 saturated carbocycles. The van der Waals surface area contributed by atoms with Gasteiger partial charge in [-0.1, -0.05) is 5.16 Å². The molecule has 5 heterocycles. The summed E-state index contributed by atoms with van der Waals surface area (Å²) in [4.78, 5) is 54.8. The van der Waals surface area contributed by atoms with E-state index in [2.05, 4.69) is 30.4 Å². The van der Waals surface area contributed by atoms with E-state index in [4.69, 9.17) is 4.52 Å². The van der Waals surface area contributed by atoms with E-state index >= 15 is 0 Å². The molecule has 5 aromatic rings. The minimum absolute atomic E-state index is 0.00661. The van der Waals surface area contributed by atoms with Crippen LogP contribution in [-0.4, -0.2) is 44.7 Å². The summed E-state index contributed by atoms with van der Waals surface area (Å²) >= 11 is 1.03. The molecule has 0 atom stereocenters. The van der Waals surface area contributed by atoms with Crippen LogP contribution in [0.3, 0.4) is 0 Å². The summed E-state index contributed by atoms with van der Waals surface area (Å²) in [6.45, 7) is 2.22. The summed E-state index contributed by atoms with van der Waals surface area (Å²) in [6, 6.07) is 0.954. The molecule has 1 N–H and O–H groups in total. The zero-order chi connectivity index (χ0) is 28.1. The Kier molecular flexibility index (Phi) is 6.37. The number of carbonyl (C=O) groups excluding carboxylic acids is 1. The fraction of sp³-hybridized carbons (Fsp3) is 0.273. The van der Waals surface area contributed by atoms with Crippen molar-refractivity contribution in [2.45, 2.75) is 33.1 Å². The zero-order valence-corrected chi connectivity index (χ0v) is 21.3. The number of aryl methyl sites for hydroxylation is 3. The number of nitrogens with zero attached hydrogens (tertiary/aromatic N) is 8. The first-order valence-electron chi connectivity index (χ1n) is 11.2. The molecule has 0 radical (unpaired) electrons. The molecule has 13 nitrogen and oxygen atoms in total. The Bertz CT molecular complexity index is 1850. The van der Waals surface area contributed by atoms with Crippen molar-refractivity contribution in [3.05, 3.63) is 67.8 Å².